The summed E-state index contributed by atoms with van der Waals surface area (Å²) in [6.45, 7) is 7.22. The highest BCUT2D eigenvalue weighted by Gasteiger charge is 2.42. The second-order valence-corrected chi connectivity index (χ2v) is 34.5. The SMILES string of the molecule is C=C1CC(c2nc(-c3ccc4ccc(-c5ccccc5)nc4c3)c3c(N)nccn23)C1.CC1(O)CC(c2nc(-c3ccc4ccc(-c5ccccc5)nc4c3)c3c(N)nccn23)C1.NCC1CC(c2nc(-c3ccc4ccc(-c5ccccc5)nc4c3)c3c(N)nccn23)C1.[N-]=[N+]=NCC1CC(c2nc(-c3ccc4ccc(-c5ccccc5)nc4c3)c3c(N)nccn23)C1. The Labute approximate surface area is 741 Å². The Morgan fingerprint density at radius 2 is 0.651 bits per heavy atom. The molecule has 0 amide bonds. The van der Waals surface area contributed by atoms with Crippen molar-refractivity contribution in [3.05, 3.63) is 338 Å². The fourth-order valence-electron chi connectivity index (χ4n) is 18.8. The number of hydrogen-bond donors (Lipinski definition) is 6. The van der Waals surface area contributed by atoms with E-state index in [4.69, 9.17) is 74.1 Å². The van der Waals surface area contributed by atoms with E-state index < -0.39 is 5.60 Å². The molecule has 0 radical (unpaired) electrons. The Hall–Kier alpha value is -16.0. The number of pyridine rings is 4. The van der Waals surface area contributed by atoms with Crippen LogP contribution in [0, 0.1) is 11.8 Å². The van der Waals surface area contributed by atoms with E-state index in [0.29, 0.717) is 72.2 Å². The van der Waals surface area contributed by atoms with Gasteiger partial charge in [0.05, 0.1) is 50.4 Å². The number of imidazole rings is 4. The Bertz CT molecular complexity index is 7750. The summed E-state index contributed by atoms with van der Waals surface area (Å²) >= 11 is 0. The maximum atomic E-state index is 10.3. The zero-order chi connectivity index (χ0) is 87.5. The molecule has 25 heteroatoms. The van der Waals surface area contributed by atoms with E-state index in [0.717, 1.165) is 224 Å². The quantitative estimate of drug-likeness (QED) is 0.0240. The number of benzene rings is 8. The third kappa shape index (κ3) is 15.5. The van der Waals surface area contributed by atoms with Crippen molar-refractivity contribution in [2.45, 2.75) is 87.6 Å². The summed E-state index contributed by atoms with van der Waals surface area (Å²) in [5, 5.41) is 18.3. The first kappa shape index (κ1) is 80.2. The van der Waals surface area contributed by atoms with Gasteiger partial charge in [0.15, 0.2) is 0 Å². The number of nitrogens with two attached hydrogens (primary N) is 5. The summed E-state index contributed by atoms with van der Waals surface area (Å²) in [6.07, 6.45) is 22.0. The molecule has 4 aliphatic rings. The summed E-state index contributed by atoms with van der Waals surface area (Å²) in [7, 11) is 0. The molecule has 0 saturated heterocycles. The van der Waals surface area contributed by atoms with Crippen molar-refractivity contribution in [1.29, 1.82) is 0 Å². The van der Waals surface area contributed by atoms with Crippen LogP contribution in [0.25, 0.3) is 166 Å². The van der Waals surface area contributed by atoms with Gasteiger partial charge in [-0.15, -0.1) is 0 Å². The standard InChI is InChI=1S/C26H22N8.C26H24N6.C26H23N5O.C26H21N5/c27-25-24-23(32-26(34(24)11-10-29-25)20-12-16(13-20)15-30-33-28)19-7-6-18-8-9-21(31-22(18)14-19)17-4-2-1-3-5-17;27-15-16-12-20(13-16)26-31-23(24-25(28)29-10-11-32(24)26)19-7-6-18-8-9-21(30-22(18)14-19)17-4-2-1-3-5-17;1-26(32)14-19(15-26)25-30-22(23-24(27)28-11-12-31(23)25)18-8-7-17-9-10-20(29-21(17)13-18)16-5-3-2-4-6-16;1-16-13-20(14-16)26-30-23(24-25(27)28-11-12-31(24)26)19-8-7-18-9-10-21(29-22(18)15-19)17-5-3-2-4-6-17/h1-11,14,16,20H,12-13,15H2,(H2,27,29);1-11,14,16,20H,12-13,15,27H2,(H2,28,29);2-13,19,32H,14-15H2,1H3,(H2,27,28);2-12,15,20H,1,13-14H2,(H2,27,28). The topological polar surface area (TPSA) is 371 Å². The molecule has 632 valence electrons. The van der Waals surface area contributed by atoms with Crippen LogP contribution in [0.1, 0.15) is 105 Å². The van der Waals surface area contributed by atoms with Crippen LogP contribution in [-0.4, -0.2) is 101 Å². The molecule has 24 rings (SSSR count). The molecule has 11 N–H and O–H groups in total. The summed E-state index contributed by atoms with van der Waals surface area (Å²) < 4.78 is 8.28. The summed E-state index contributed by atoms with van der Waals surface area (Å²) in [6, 6.07) is 82.4. The minimum Gasteiger partial charge on any atom is -0.390 e. The average molecular weight is 1690 g/mol. The minimum absolute atomic E-state index is 0.191. The van der Waals surface area contributed by atoms with Gasteiger partial charge >= 0.3 is 0 Å². The summed E-state index contributed by atoms with van der Waals surface area (Å²) in [5.74, 6) is 8.07. The predicted octanol–water partition coefficient (Wildman–Crippen LogP) is 21.1. The molecular formula is C104H90N24O. The third-order valence-corrected chi connectivity index (χ3v) is 25.7. The van der Waals surface area contributed by atoms with Crippen LogP contribution in [0.2, 0.25) is 0 Å². The highest BCUT2D eigenvalue weighted by Crippen LogP contribution is 2.49. The number of nitrogen functional groups attached to an aromatic ring is 4. The number of aliphatic hydroxyl groups is 1. The lowest BCUT2D eigenvalue weighted by atomic mass is 9.72. The summed E-state index contributed by atoms with van der Waals surface area (Å²) in [4.78, 5) is 60.0. The molecule has 20 aromatic rings. The van der Waals surface area contributed by atoms with Gasteiger partial charge in [0, 0.05) is 151 Å². The highest BCUT2D eigenvalue weighted by atomic mass is 16.3. The van der Waals surface area contributed by atoms with Crippen LogP contribution in [0.5, 0.6) is 0 Å². The van der Waals surface area contributed by atoms with E-state index in [1.807, 2.05) is 121 Å². The molecule has 12 aromatic heterocycles. The molecule has 0 unspecified atom stereocenters. The number of anilines is 4. The van der Waals surface area contributed by atoms with E-state index in [1.165, 1.54) is 5.57 Å². The van der Waals surface area contributed by atoms with Gasteiger partial charge in [0.2, 0.25) is 0 Å². The molecule has 4 aliphatic carbocycles. The lowest BCUT2D eigenvalue weighted by molar-refractivity contribution is -0.0335. The largest absolute Gasteiger partial charge is 0.390 e. The number of aromatic nitrogens is 16. The van der Waals surface area contributed by atoms with Crippen LogP contribution in [0.15, 0.2) is 309 Å². The van der Waals surface area contributed by atoms with E-state index in [9.17, 15) is 5.11 Å². The van der Waals surface area contributed by atoms with Crippen molar-refractivity contribution in [3.63, 3.8) is 0 Å². The molecule has 4 saturated carbocycles. The number of allylic oxidation sites excluding steroid dienone is 1. The highest BCUT2D eigenvalue weighted by molar-refractivity contribution is 5.96. The average Bonchev–Trinajstić information content (AvgIpc) is 1.63. The maximum absolute atomic E-state index is 10.3. The van der Waals surface area contributed by atoms with Crippen LogP contribution >= 0.6 is 0 Å². The van der Waals surface area contributed by atoms with Crippen molar-refractivity contribution in [1.82, 2.24) is 77.4 Å². The Kier molecular flexibility index (Phi) is 20.8. The maximum Gasteiger partial charge on any atom is 0.150 e. The van der Waals surface area contributed by atoms with Gasteiger partial charge in [0.25, 0.3) is 0 Å². The van der Waals surface area contributed by atoms with Crippen molar-refractivity contribution in [2.24, 2.45) is 22.7 Å². The predicted molar refractivity (Wildman–Crippen MR) is 512 cm³/mol. The van der Waals surface area contributed by atoms with E-state index >= 15 is 0 Å². The first-order valence-corrected chi connectivity index (χ1v) is 43.5. The zero-order valence-electron chi connectivity index (χ0n) is 70.8. The molecule has 0 spiro atoms. The lowest BCUT2D eigenvalue weighted by Gasteiger charge is -2.40. The van der Waals surface area contributed by atoms with Gasteiger partial charge in [-0.05, 0) is 131 Å². The smallest absolute Gasteiger partial charge is 0.150 e. The molecule has 25 nitrogen and oxygen atoms in total. The van der Waals surface area contributed by atoms with Gasteiger partial charge in [-0.1, -0.05) is 211 Å². The molecule has 4 fully saturated rings. The van der Waals surface area contributed by atoms with Gasteiger partial charge < -0.3 is 33.8 Å². The molecule has 0 bridgehead atoms. The van der Waals surface area contributed by atoms with E-state index in [-0.39, 0.29) is 5.92 Å². The zero-order valence-corrected chi connectivity index (χ0v) is 70.8. The van der Waals surface area contributed by atoms with Gasteiger partial charge in [-0.3, -0.25) is 17.6 Å². The molecular weight excluding hydrogens is 1600 g/mol. The second-order valence-electron chi connectivity index (χ2n) is 34.5. The molecule has 0 aliphatic heterocycles. The van der Waals surface area contributed by atoms with Crippen LogP contribution < -0.4 is 28.7 Å². The number of nitrogens with zero attached hydrogens (tertiary/aromatic N) is 19. The fourth-order valence-corrected chi connectivity index (χ4v) is 18.8. The van der Waals surface area contributed by atoms with Gasteiger partial charge in [0.1, 0.15) is 91.4 Å². The van der Waals surface area contributed by atoms with Crippen LogP contribution in [0.4, 0.5) is 23.3 Å². The van der Waals surface area contributed by atoms with Gasteiger partial charge in [-0.2, -0.15) is 0 Å². The number of rotatable bonds is 15. The van der Waals surface area contributed by atoms with Crippen LogP contribution in [-0.2, 0) is 0 Å². The minimum atomic E-state index is -0.629. The number of hydrogen-bond acceptors (Lipinski definition) is 19. The Morgan fingerprint density at radius 1 is 0.372 bits per heavy atom. The van der Waals surface area contributed by atoms with E-state index in [2.05, 4.69) is 207 Å². The molecule has 0 atom stereocenters. The first-order valence-electron chi connectivity index (χ1n) is 43.5. The molecule has 8 aromatic carbocycles. The van der Waals surface area contributed by atoms with Crippen molar-refractivity contribution >= 4 is 88.9 Å². The van der Waals surface area contributed by atoms with Crippen LogP contribution in [0.3, 0.4) is 0 Å². The summed E-state index contributed by atoms with van der Waals surface area (Å²) in [5.41, 5.74) is 62.7. The second kappa shape index (κ2) is 33.5. The van der Waals surface area contributed by atoms with Crippen molar-refractivity contribution in [3.8, 4) is 90.1 Å². The Balaban J connectivity index is 0.000000104. The van der Waals surface area contributed by atoms with E-state index in [1.54, 1.807) is 24.8 Å². The van der Waals surface area contributed by atoms with Gasteiger partial charge in [-0.25, -0.2) is 59.8 Å². The first-order chi connectivity index (χ1) is 63.1. The van der Waals surface area contributed by atoms with Crippen molar-refractivity contribution < 1.29 is 5.11 Å². The number of azide groups is 1. The molecule has 12 heterocycles. The normalized spacial score (nSPS) is 17.6. The lowest BCUT2D eigenvalue weighted by Crippen LogP contribution is -2.40. The van der Waals surface area contributed by atoms with Crippen molar-refractivity contribution in [2.75, 3.05) is 36.0 Å². The third-order valence-electron chi connectivity index (χ3n) is 25.7. The Morgan fingerprint density at radius 3 is 0.930 bits per heavy atom. The fraction of sp³-hybridized carbons (Fsp3) is 0.173. The monoisotopic (exact) mass is 1690 g/mol. The molecule has 129 heavy (non-hydrogen) atoms. The number of fused-ring (bicyclic) bond motifs is 8.